The zero-order valence-electron chi connectivity index (χ0n) is 14.1. The number of nitrogens with zero attached hydrogens (tertiary/aromatic N) is 1. The highest BCUT2D eigenvalue weighted by Gasteiger charge is 2.42. The monoisotopic (exact) mass is 287 g/mol. The van der Waals surface area contributed by atoms with E-state index in [0.717, 1.165) is 30.6 Å². The van der Waals surface area contributed by atoms with Crippen molar-refractivity contribution in [2.45, 2.75) is 60.0 Å². The van der Waals surface area contributed by atoms with E-state index in [0.29, 0.717) is 17.8 Å². The lowest BCUT2D eigenvalue weighted by molar-refractivity contribution is -0.0194. The third-order valence-corrected chi connectivity index (χ3v) is 5.91. The lowest BCUT2D eigenvalue weighted by Gasteiger charge is -2.42. The van der Waals surface area contributed by atoms with Crippen molar-refractivity contribution < 1.29 is 4.74 Å². The molecule has 0 heterocycles. The molecule has 1 saturated carbocycles. The quantitative estimate of drug-likeness (QED) is 0.725. The van der Waals surface area contributed by atoms with Crippen LogP contribution in [0.5, 0.6) is 0 Å². The highest BCUT2D eigenvalue weighted by Crippen LogP contribution is 2.44. The van der Waals surface area contributed by atoms with Gasteiger partial charge in [-0.05, 0) is 48.7 Å². The standard InChI is InChI=1S/C19H29NO/c1-7-16-9-18(15(6)17(10-20)14(16)5)21-19-12(3)8-11(2)13(19)4/h11,14-18H,3,7-9H2,1-2,4-6H3. The van der Waals surface area contributed by atoms with Crippen LogP contribution in [0.2, 0.25) is 0 Å². The molecule has 0 amide bonds. The average Bonchev–Trinajstić information content (AvgIpc) is 2.68. The van der Waals surface area contributed by atoms with Gasteiger partial charge in [-0.3, -0.25) is 0 Å². The molecule has 2 rings (SSSR count). The summed E-state index contributed by atoms with van der Waals surface area (Å²) >= 11 is 0. The van der Waals surface area contributed by atoms with Crippen LogP contribution in [-0.2, 0) is 4.74 Å². The Morgan fingerprint density at radius 3 is 2.43 bits per heavy atom. The van der Waals surface area contributed by atoms with Crippen LogP contribution < -0.4 is 0 Å². The molecule has 21 heavy (non-hydrogen) atoms. The van der Waals surface area contributed by atoms with Crippen LogP contribution in [0, 0.1) is 40.9 Å². The van der Waals surface area contributed by atoms with E-state index in [2.05, 4.69) is 47.3 Å². The number of ether oxygens (including phenoxy) is 1. The van der Waals surface area contributed by atoms with Gasteiger partial charge < -0.3 is 4.74 Å². The Morgan fingerprint density at radius 1 is 1.29 bits per heavy atom. The van der Waals surface area contributed by atoms with E-state index in [9.17, 15) is 5.26 Å². The van der Waals surface area contributed by atoms with Crippen LogP contribution in [0.3, 0.4) is 0 Å². The summed E-state index contributed by atoms with van der Waals surface area (Å²) in [4.78, 5) is 0. The molecule has 6 unspecified atom stereocenters. The van der Waals surface area contributed by atoms with Crippen molar-refractivity contribution in [1.29, 1.82) is 5.26 Å². The first-order valence-electron chi connectivity index (χ1n) is 8.35. The van der Waals surface area contributed by atoms with E-state index in [1.807, 2.05) is 0 Å². The topological polar surface area (TPSA) is 33.0 Å². The molecule has 2 heteroatoms. The lowest BCUT2D eigenvalue weighted by atomic mass is 9.66. The number of hydrogen-bond acceptors (Lipinski definition) is 2. The second-order valence-electron chi connectivity index (χ2n) is 7.15. The summed E-state index contributed by atoms with van der Waals surface area (Å²) in [6.45, 7) is 15.2. The molecule has 0 aromatic carbocycles. The Morgan fingerprint density at radius 2 is 1.95 bits per heavy atom. The van der Waals surface area contributed by atoms with Crippen molar-refractivity contribution in [2.24, 2.45) is 29.6 Å². The Kier molecular flexibility index (Phi) is 4.81. The summed E-state index contributed by atoms with van der Waals surface area (Å²) in [7, 11) is 0. The van der Waals surface area contributed by atoms with Gasteiger partial charge in [-0.1, -0.05) is 40.7 Å². The molecule has 0 spiro atoms. The minimum Gasteiger partial charge on any atom is -0.490 e. The molecule has 1 fully saturated rings. The zero-order valence-corrected chi connectivity index (χ0v) is 14.1. The van der Waals surface area contributed by atoms with Crippen molar-refractivity contribution in [3.8, 4) is 6.07 Å². The van der Waals surface area contributed by atoms with E-state index in [4.69, 9.17) is 4.74 Å². The van der Waals surface area contributed by atoms with E-state index in [1.165, 1.54) is 5.57 Å². The van der Waals surface area contributed by atoms with Crippen molar-refractivity contribution in [3.63, 3.8) is 0 Å². The van der Waals surface area contributed by atoms with E-state index in [-0.39, 0.29) is 17.9 Å². The Balaban J connectivity index is 2.20. The molecule has 6 atom stereocenters. The molecule has 0 aromatic heterocycles. The largest absolute Gasteiger partial charge is 0.490 e. The SMILES string of the molecule is C=C1CC(C)C(C)=C1OC1CC(CC)C(C)C(C#N)C1C. The van der Waals surface area contributed by atoms with E-state index < -0.39 is 0 Å². The van der Waals surface area contributed by atoms with Gasteiger partial charge in [-0.2, -0.15) is 5.26 Å². The van der Waals surface area contributed by atoms with Gasteiger partial charge in [0.1, 0.15) is 11.9 Å². The lowest BCUT2D eigenvalue weighted by Crippen LogP contribution is -2.41. The Bertz CT molecular complexity index is 484. The number of rotatable bonds is 3. The van der Waals surface area contributed by atoms with E-state index >= 15 is 0 Å². The molecule has 0 bridgehead atoms. The predicted octanol–water partition coefficient (Wildman–Crippen LogP) is 5.08. The van der Waals surface area contributed by atoms with Gasteiger partial charge in [0, 0.05) is 5.92 Å². The van der Waals surface area contributed by atoms with Gasteiger partial charge in [0.15, 0.2) is 0 Å². The summed E-state index contributed by atoms with van der Waals surface area (Å²) < 4.78 is 6.40. The first-order valence-corrected chi connectivity index (χ1v) is 8.35. The van der Waals surface area contributed by atoms with Crippen LogP contribution in [0.25, 0.3) is 0 Å². The molecule has 0 aliphatic heterocycles. The molecule has 116 valence electrons. The maximum atomic E-state index is 9.53. The molecule has 2 aliphatic carbocycles. The van der Waals surface area contributed by atoms with Crippen LogP contribution in [0.1, 0.15) is 53.9 Å². The fraction of sp³-hybridized carbons (Fsp3) is 0.737. The molecule has 0 aromatic rings. The van der Waals surface area contributed by atoms with Crippen molar-refractivity contribution in [1.82, 2.24) is 0 Å². The number of allylic oxidation sites excluding steroid dienone is 2. The first-order chi connectivity index (χ1) is 9.90. The normalized spacial score (nSPS) is 40.3. The summed E-state index contributed by atoms with van der Waals surface area (Å²) in [6.07, 6.45) is 3.36. The van der Waals surface area contributed by atoms with Gasteiger partial charge in [0.25, 0.3) is 0 Å². The molecule has 0 saturated heterocycles. The van der Waals surface area contributed by atoms with Gasteiger partial charge >= 0.3 is 0 Å². The predicted molar refractivity (Wildman–Crippen MR) is 86.3 cm³/mol. The summed E-state index contributed by atoms with van der Waals surface area (Å²) in [5, 5.41) is 9.53. The minimum atomic E-state index is 0.0988. The molecule has 0 N–H and O–H groups in total. The fourth-order valence-corrected chi connectivity index (χ4v) is 4.11. The highest BCUT2D eigenvalue weighted by molar-refractivity contribution is 5.36. The number of nitriles is 1. The van der Waals surface area contributed by atoms with Crippen LogP contribution in [0.15, 0.2) is 23.5 Å². The van der Waals surface area contributed by atoms with Crippen LogP contribution in [-0.4, -0.2) is 6.10 Å². The van der Waals surface area contributed by atoms with Gasteiger partial charge in [0.2, 0.25) is 0 Å². The summed E-state index contributed by atoms with van der Waals surface area (Å²) in [6, 6.07) is 2.54. The maximum absolute atomic E-state index is 9.53. The van der Waals surface area contributed by atoms with Crippen molar-refractivity contribution >= 4 is 0 Å². The van der Waals surface area contributed by atoms with Gasteiger partial charge in [0.05, 0.1) is 12.0 Å². The Hall–Kier alpha value is -1.23. The zero-order chi connectivity index (χ0) is 15.7. The number of hydrogen-bond donors (Lipinski definition) is 0. The van der Waals surface area contributed by atoms with Crippen LogP contribution >= 0.6 is 0 Å². The maximum Gasteiger partial charge on any atom is 0.121 e. The minimum absolute atomic E-state index is 0.0988. The smallest absolute Gasteiger partial charge is 0.121 e. The first kappa shape index (κ1) is 16.1. The second-order valence-corrected chi connectivity index (χ2v) is 7.15. The van der Waals surface area contributed by atoms with Gasteiger partial charge in [-0.25, -0.2) is 0 Å². The van der Waals surface area contributed by atoms with E-state index in [1.54, 1.807) is 0 Å². The van der Waals surface area contributed by atoms with Crippen molar-refractivity contribution in [3.05, 3.63) is 23.5 Å². The van der Waals surface area contributed by atoms with Crippen molar-refractivity contribution in [2.75, 3.05) is 0 Å². The molecule has 0 radical (unpaired) electrons. The fourth-order valence-electron chi connectivity index (χ4n) is 4.11. The Labute approximate surface area is 129 Å². The van der Waals surface area contributed by atoms with Crippen LogP contribution in [0.4, 0.5) is 0 Å². The molecule has 2 nitrogen and oxygen atoms in total. The molecular formula is C19H29NO. The third-order valence-electron chi connectivity index (χ3n) is 5.91. The third kappa shape index (κ3) is 2.89. The second kappa shape index (κ2) is 6.26. The molecule has 2 aliphatic rings. The van der Waals surface area contributed by atoms with Gasteiger partial charge in [-0.15, -0.1) is 0 Å². The molecular weight excluding hydrogens is 258 g/mol. The summed E-state index contributed by atoms with van der Waals surface area (Å²) in [5.41, 5.74) is 2.46. The average molecular weight is 287 g/mol. The highest BCUT2D eigenvalue weighted by atomic mass is 16.5. The summed E-state index contributed by atoms with van der Waals surface area (Å²) in [5.74, 6) is 3.01.